The van der Waals surface area contributed by atoms with Crippen LogP contribution in [0.2, 0.25) is 0 Å². The van der Waals surface area contributed by atoms with E-state index in [2.05, 4.69) is 32.6 Å². The van der Waals surface area contributed by atoms with Crippen molar-refractivity contribution < 1.29 is 13.6 Å². The summed E-state index contributed by atoms with van der Waals surface area (Å²) in [6.45, 7) is 3.52. The van der Waals surface area contributed by atoms with Gasteiger partial charge in [-0.2, -0.15) is 0 Å². The average Bonchev–Trinajstić information content (AvgIpc) is 3.23. The molecule has 25 heavy (non-hydrogen) atoms. The van der Waals surface area contributed by atoms with Gasteiger partial charge in [0.25, 0.3) is 5.22 Å². The molecule has 0 unspecified atom stereocenters. The topological polar surface area (TPSA) is 107 Å². The van der Waals surface area contributed by atoms with E-state index < -0.39 is 0 Å². The molecule has 9 heteroatoms. The Kier molecular flexibility index (Phi) is 5.44. The molecule has 0 fully saturated rings. The van der Waals surface area contributed by atoms with Crippen molar-refractivity contribution in [1.82, 2.24) is 20.4 Å². The number of hydrogen-bond donors (Lipinski definition) is 1. The van der Waals surface area contributed by atoms with Gasteiger partial charge in [0.2, 0.25) is 23.6 Å². The molecule has 0 saturated carbocycles. The van der Waals surface area contributed by atoms with Crippen molar-refractivity contribution in [3.8, 4) is 11.5 Å². The van der Waals surface area contributed by atoms with Gasteiger partial charge in [0.05, 0.1) is 5.75 Å². The molecule has 130 valence electrons. The Labute approximate surface area is 148 Å². The van der Waals surface area contributed by atoms with Crippen LogP contribution >= 0.6 is 11.8 Å². The number of aryl methyl sites for hydroxylation is 1. The van der Waals surface area contributed by atoms with Gasteiger partial charge in [-0.3, -0.25) is 4.79 Å². The molecule has 2 heterocycles. The molecule has 1 N–H and O–H groups in total. The van der Waals surface area contributed by atoms with E-state index in [1.807, 2.05) is 12.1 Å². The maximum atomic E-state index is 11.0. The number of aromatic nitrogens is 4. The van der Waals surface area contributed by atoms with E-state index in [9.17, 15) is 4.79 Å². The lowest BCUT2D eigenvalue weighted by atomic mass is 10.2. The molecular formula is C16H17N5O3S. The minimum Gasteiger partial charge on any atom is -0.424 e. The predicted octanol–water partition coefficient (Wildman–Crippen LogP) is 3.32. The summed E-state index contributed by atoms with van der Waals surface area (Å²) >= 11 is 1.34. The summed E-state index contributed by atoms with van der Waals surface area (Å²) in [6, 6.07) is 7.17. The molecule has 0 aliphatic heterocycles. The number of hydrogen-bond acceptors (Lipinski definition) is 8. The van der Waals surface area contributed by atoms with Crippen LogP contribution in [-0.4, -0.2) is 26.3 Å². The van der Waals surface area contributed by atoms with Gasteiger partial charge in [0.15, 0.2) is 0 Å². The van der Waals surface area contributed by atoms with Crippen LogP contribution in [-0.2, 0) is 17.0 Å². The first-order valence-corrected chi connectivity index (χ1v) is 8.78. The van der Waals surface area contributed by atoms with Crippen LogP contribution in [0.1, 0.15) is 32.0 Å². The van der Waals surface area contributed by atoms with E-state index >= 15 is 0 Å². The van der Waals surface area contributed by atoms with Crippen LogP contribution in [0, 0.1) is 0 Å². The highest BCUT2D eigenvalue weighted by Gasteiger charge is 2.12. The van der Waals surface area contributed by atoms with Gasteiger partial charge >= 0.3 is 0 Å². The lowest BCUT2D eigenvalue weighted by Gasteiger charge is -2.01. The van der Waals surface area contributed by atoms with E-state index in [0.29, 0.717) is 34.3 Å². The fraction of sp³-hybridized carbons (Fsp3) is 0.312. The lowest BCUT2D eigenvalue weighted by molar-refractivity contribution is -0.114. The molecule has 0 bridgehead atoms. The Hall–Kier alpha value is -2.68. The quantitative estimate of drug-likeness (QED) is 0.640. The molecule has 0 spiro atoms. The molecule has 1 aromatic carbocycles. The van der Waals surface area contributed by atoms with Gasteiger partial charge in [0.1, 0.15) is 0 Å². The summed E-state index contributed by atoms with van der Waals surface area (Å²) in [7, 11) is 0. The van der Waals surface area contributed by atoms with Crippen molar-refractivity contribution in [3.05, 3.63) is 36.0 Å². The number of carbonyl (C=O) groups excluding carboxylic acids is 1. The molecular weight excluding hydrogens is 342 g/mol. The first-order chi connectivity index (χ1) is 12.1. The van der Waals surface area contributed by atoms with Gasteiger partial charge in [-0.05, 0) is 30.7 Å². The highest BCUT2D eigenvalue weighted by atomic mass is 32.2. The Morgan fingerprint density at radius 1 is 1.08 bits per heavy atom. The fourth-order valence-corrected chi connectivity index (χ4v) is 2.67. The van der Waals surface area contributed by atoms with Gasteiger partial charge < -0.3 is 14.2 Å². The Balaban J connectivity index is 1.60. The Morgan fingerprint density at radius 3 is 2.56 bits per heavy atom. The van der Waals surface area contributed by atoms with E-state index in [0.717, 1.165) is 18.4 Å². The maximum absolute atomic E-state index is 11.0. The molecule has 2 aromatic heterocycles. The zero-order valence-corrected chi connectivity index (χ0v) is 14.7. The number of rotatable bonds is 7. The zero-order valence-electron chi connectivity index (χ0n) is 13.9. The second-order valence-electron chi connectivity index (χ2n) is 5.26. The first kappa shape index (κ1) is 17.2. The monoisotopic (exact) mass is 359 g/mol. The largest absolute Gasteiger partial charge is 0.424 e. The molecule has 3 rings (SSSR count). The number of anilines is 1. The Bertz CT molecular complexity index is 844. The fourth-order valence-electron chi connectivity index (χ4n) is 2.07. The van der Waals surface area contributed by atoms with E-state index in [1.54, 1.807) is 12.1 Å². The minimum atomic E-state index is -0.118. The third kappa shape index (κ3) is 4.66. The summed E-state index contributed by atoms with van der Waals surface area (Å²) in [5.41, 5.74) is 1.49. The third-order valence-electron chi connectivity index (χ3n) is 3.15. The summed E-state index contributed by atoms with van der Waals surface area (Å²) in [6.07, 6.45) is 1.74. The van der Waals surface area contributed by atoms with Gasteiger partial charge in [-0.1, -0.05) is 18.7 Å². The highest BCUT2D eigenvalue weighted by Crippen LogP contribution is 2.26. The highest BCUT2D eigenvalue weighted by molar-refractivity contribution is 7.98. The van der Waals surface area contributed by atoms with Gasteiger partial charge in [-0.15, -0.1) is 20.4 Å². The SMILES string of the molecule is CCCc1nnc(CSc2nnc(-c3ccc(NC(C)=O)cc3)o2)o1. The summed E-state index contributed by atoms with van der Waals surface area (Å²) in [5.74, 6) is 1.94. The second-order valence-corrected chi connectivity index (χ2v) is 6.19. The summed E-state index contributed by atoms with van der Waals surface area (Å²) in [5, 5.41) is 19.1. The molecule has 0 aliphatic carbocycles. The lowest BCUT2D eigenvalue weighted by Crippen LogP contribution is -2.05. The smallest absolute Gasteiger partial charge is 0.277 e. The summed E-state index contributed by atoms with van der Waals surface area (Å²) in [4.78, 5) is 11.0. The van der Waals surface area contributed by atoms with Crippen LogP contribution in [0.25, 0.3) is 11.5 Å². The third-order valence-corrected chi connectivity index (χ3v) is 3.95. The van der Waals surface area contributed by atoms with Crippen molar-refractivity contribution >= 4 is 23.4 Å². The molecule has 8 nitrogen and oxygen atoms in total. The van der Waals surface area contributed by atoms with Crippen molar-refractivity contribution in [2.75, 3.05) is 5.32 Å². The number of thioether (sulfide) groups is 1. The number of amides is 1. The van der Waals surface area contributed by atoms with Crippen molar-refractivity contribution in [2.45, 2.75) is 37.7 Å². The van der Waals surface area contributed by atoms with Crippen molar-refractivity contribution in [2.24, 2.45) is 0 Å². The van der Waals surface area contributed by atoms with Gasteiger partial charge in [0, 0.05) is 24.6 Å². The first-order valence-electron chi connectivity index (χ1n) is 7.79. The molecule has 0 atom stereocenters. The van der Waals surface area contributed by atoms with E-state index in [4.69, 9.17) is 8.83 Å². The molecule has 0 radical (unpaired) electrons. The number of benzene rings is 1. The summed E-state index contributed by atoms with van der Waals surface area (Å²) < 4.78 is 11.1. The van der Waals surface area contributed by atoms with E-state index in [1.165, 1.54) is 18.7 Å². The number of nitrogens with zero attached hydrogens (tertiary/aromatic N) is 4. The standard InChI is InChI=1S/C16H17N5O3S/c1-3-4-13-18-19-14(23-13)9-25-16-21-20-15(24-16)11-5-7-12(8-6-11)17-10(2)22/h5-8H,3-4,9H2,1-2H3,(H,17,22). The van der Waals surface area contributed by atoms with Gasteiger partial charge in [-0.25, -0.2) is 0 Å². The maximum Gasteiger partial charge on any atom is 0.277 e. The molecule has 1 amide bonds. The van der Waals surface area contributed by atoms with Crippen LogP contribution < -0.4 is 5.32 Å². The number of nitrogens with one attached hydrogen (secondary N) is 1. The predicted molar refractivity (Wildman–Crippen MR) is 91.9 cm³/mol. The van der Waals surface area contributed by atoms with Crippen LogP contribution in [0.3, 0.4) is 0 Å². The van der Waals surface area contributed by atoms with E-state index in [-0.39, 0.29) is 5.91 Å². The molecule has 0 saturated heterocycles. The van der Waals surface area contributed by atoms with Crippen LogP contribution in [0.15, 0.2) is 38.3 Å². The zero-order chi connectivity index (χ0) is 17.6. The van der Waals surface area contributed by atoms with Crippen molar-refractivity contribution in [3.63, 3.8) is 0 Å². The van der Waals surface area contributed by atoms with Crippen LogP contribution in [0.5, 0.6) is 0 Å². The molecule has 0 aliphatic rings. The number of carbonyl (C=O) groups is 1. The minimum absolute atomic E-state index is 0.118. The van der Waals surface area contributed by atoms with Crippen molar-refractivity contribution in [1.29, 1.82) is 0 Å². The van der Waals surface area contributed by atoms with Crippen LogP contribution in [0.4, 0.5) is 5.69 Å². The molecule has 3 aromatic rings. The second kappa shape index (κ2) is 7.93. The normalized spacial score (nSPS) is 10.8. The average molecular weight is 359 g/mol. The Morgan fingerprint density at radius 2 is 1.84 bits per heavy atom.